The van der Waals surface area contributed by atoms with E-state index in [4.69, 9.17) is 23.9 Å². The number of hydrogen-bond acceptors (Lipinski definition) is 8. The number of hydrogen-bond donors (Lipinski definition) is 1. The Hall–Kier alpha value is -5.09. The first-order valence-electron chi connectivity index (χ1n) is 13.4. The van der Waals surface area contributed by atoms with Gasteiger partial charge in [-0.3, -0.25) is 14.2 Å². The Kier molecular flexibility index (Phi) is 8.77. The van der Waals surface area contributed by atoms with E-state index in [9.17, 15) is 9.59 Å². The van der Waals surface area contributed by atoms with Gasteiger partial charge in [0.05, 0.1) is 37.1 Å². The van der Waals surface area contributed by atoms with Crippen LogP contribution in [0.4, 0.5) is 5.69 Å². The van der Waals surface area contributed by atoms with E-state index in [0.717, 1.165) is 5.56 Å². The lowest BCUT2D eigenvalue weighted by Gasteiger charge is -2.26. The second-order valence-electron chi connectivity index (χ2n) is 9.52. The maximum atomic E-state index is 14.1. The fraction of sp³-hybridized carbons (Fsp3) is 0.182. The summed E-state index contributed by atoms with van der Waals surface area (Å²) in [6, 6.07) is 19.1. The number of allylic oxidation sites excluding steroid dienone is 1. The molecule has 4 aromatic rings. The van der Waals surface area contributed by atoms with Crippen LogP contribution in [-0.2, 0) is 4.79 Å². The van der Waals surface area contributed by atoms with Gasteiger partial charge in [-0.15, -0.1) is 0 Å². The third kappa shape index (κ3) is 5.96. The molecule has 2 heterocycles. The lowest BCUT2D eigenvalue weighted by Crippen LogP contribution is -2.40. The van der Waals surface area contributed by atoms with Gasteiger partial charge in [0.2, 0.25) is 0 Å². The zero-order valence-corrected chi connectivity index (χ0v) is 25.1. The third-order valence-corrected chi connectivity index (χ3v) is 7.86. The van der Waals surface area contributed by atoms with Gasteiger partial charge in [-0.1, -0.05) is 48.3 Å². The molecule has 1 atom stereocenters. The van der Waals surface area contributed by atoms with E-state index in [1.807, 2.05) is 24.3 Å². The molecule has 9 nitrogen and oxygen atoms in total. The summed E-state index contributed by atoms with van der Waals surface area (Å²) in [5.74, 6) is 1.78. The van der Waals surface area contributed by atoms with Crippen LogP contribution in [0.25, 0.3) is 6.08 Å². The molecular weight excluding hydrogens is 566 g/mol. The molecule has 1 N–H and O–H groups in total. The molecule has 10 heteroatoms. The van der Waals surface area contributed by atoms with E-state index in [-0.39, 0.29) is 11.5 Å². The molecule has 0 saturated carbocycles. The number of amides is 1. The van der Waals surface area contributed by atoms with Crippen molar-refractivity contribution in [1.29, 1.82) is 0 Å². The predicted octanol–water partition coefficient (Wildman–Crippen LogP) is 4.46. The van der Waals surface area contributed by atoms with Crippen LogP contribution in [0.1, 0.15) is 24.1 Å². The summed E-state index contributed by atoms with van der Waals surface area (Å²) in [7, 11) is 4.66. The molecule has 0 bridgehead atoms. The summed E-state index contributed by atoms with van der Waals surface area (Å²) >= 11 is 1.24. The van der Waals surface area contributed by atoms with Crippen molar-refractivity contribution in [2.45, 2.75) is 13.0 Å². The molecule has 0 spiro atoms. The van der Waals surface area contributed by atoms with E-state index in [2.05, 4.69) is 11.9 Å². The number of carbonyl (C=O) groups is 1. The lowest BCUT2D eigenvalue weighted by atomic mass is 9.94. The second-order valence-corrected chi connectivity index (χ2v) is 10.5. The first-order chi connectivity index (χ1) is 20.9. The van der Waals surface area contributed by atoms with Crippen molar-refractivity contribution < 1.29 is 23.7 Å². The molecule has 1 aliphatic rings. The van der Waals surface area contributed by atoms with Gasteiger partial charge in [-0.25, -0.2) is 4.99 Å². The number of nitrogens with zero attached hydrogens (tertiary/aromatic N) is 2. The van der Waals surface area contributed by atoms with Crippen LogP contribution in [0.2, 0.25) is 0 Å². The zero-order valence-electron chi connectivity index (χ0n) is 24.2. The maximum Gasteiger partial charge on any atom is 0.271 e. The van der Waals surface area contributed by atoms with Crippen LogP contribution in [0.15, 0.2) is 100 Å². The number of nitrogens with one attached hydrogen (secondary N) is 1. The Labute approximate surface area is 252 Å². The number of thiazole rings is 1. The molecule has 1 amide bonds. The first-order valence-corrected chi connectivity index (χ1v) is 14.2. The van der Waals surface area contributed by atoms with Gasteiger partial charge in [0, 0.05) is 17.3 Å². The minimum atomic E-state index is -0.813. The number of fused-ring (bicyclic) bond motifs is 1. The van der Waals surface area contributed by atoms with Gasteiger partial charge in [0.25, 0.3) is 11.5 Å². The van der Waals surface area contributed by atoms with E-state index >= 15 is 0 Å². The molecule has 5 rings (SSSR count). The summed E-state index contributed by atoms with van der Waals surface area (Å²) in [6.07, 6.45) is 3.42. The smallest absolute Gasteiger partial charge is 0.271 e. The average Bonchev–Trinajstić information content (AvgIpc) is 3.33. The van der Waals surface area contributed by atoms with Crippen molar-refractivity contribution in [3.05, 3.63) is 121 Å². The van der Waals surface area contributed by atoms with Crippen molar-refractivity contribution >= 4 is 29.0 Å². The molecule has 220 valence electrons. The van der Waals surface area contributed by atoms with Crippen LogP contribution >= 0.6 is 11.3 Å². The van der Waals surface area contributed by atoms with E-state index in [0.29, 0.717) is 61.5 Å². The fourth-order valence-electron chi connectivity index (χ4n) is 4.86. The summed E-state index contributed by atoms with van der Waals surface area (Å²) in [5.41, 5.74) is 2.51. The highest BCUT2D eigenvalue weighted by Crippen LogP contribution is 2.37. The molecule has 0 saturated heterocycles. The number of aromatic nitrogens is 1. The largest absolute Gasteiger partial charge is 0.497 e. The highest BCUT2D eigenvalue weighted by atomic mass is 32.1. The molecule has 1 aromatic heterocycles. The van der Waals surface area contributed by atoms with Gasteiger partial charge in [-0.05, 0) is 55.0 Å². The lowest BCUT2D eigenvalue weighted by molar-refractivity contribution is -0.113. The normalized spacial score (nSPS) is 14.4. The van der Waals surface area contributed by atoms with E-state index in [1.165, 1.54) is 18.4 Å². The Bertz CT molecular complexity index is 1890. The maximum absolute atomic E-state index is 14.1. The first kappa shape index (κ1) is 29.4. The summed E-state index contributed by atoms with van der Waals surface area (Å²) in [5, 5.41) is 2.96. The zero-order chi connectivity index (χ0) is 30.5. The van der Waals surface area contributed by atoms with Gasteiger partial charge in [0.15, 0.2) is 16.3 Å². The van der Waals surface area contributed by atoms with Crippen molar-refractivity contribution in [3.8, 4) is 23.0 Å². The highest BCUT2D eigenvalue weighted by molar-refractivity contribution is 7.07. The van der Waals surface area contributed by atoms with E-state index < -0.39 is 6.04 Å². The standard InChI is InChI=1S/C33H31N3O6S/c1-6-16-42-25-15-12-21(17-27(25)41-5)18-28-32(38)36-30(24-14-13-23(39-3)19-26(24)40-4)29(20(2)34-33(36)43-28)31(37)35-22-10-8-7-9-11-22/h6-15,17-19,30H,1,16H2,2-5H3,(H,35,37)/b28-18-/t30-/m1/s1. The van der Waals surface area contributed by atoms with Crippen molar-refractivity contribution in [2.24, 2.45) is 4.99 Å². The molecule has 3 aromatic carbocycles. The second kappa shape index (κ2) is 12.8. The number of ether oxygens (including phenoxy) is 4. The SMILES string of the molecule is C=CCOc1ccc(/C=c2\sc3n(c2=O)[C@H](c2ccc(OC)cc2OC)C(C(=O)Nc2ccccc2)=C(C)N=3)cc1OC. The topological polar surface area (TPSA) is 100 Å². The molecule has 0 radical (unpaired) electrons. The van der Waals surface area contributed by atoms with Gasteiger partial charge < -0.3 is 24.3 Å². The Balaban J connectivity index is 1.67. The Morgan fingerprint density at radius 1 is 1.00 bits per heavy atom. The van der Waals surface area contributed by atoms with Gasteiger partial charge in [0.1, 0.15) is 24.1 Å². The van der Waals surface area contributed by atoms with E-state index in [1.54, 1.807) is 80.3 Å². The number of rotatable bonds is 10. The molecular formula is C33H31N3O6S. The molecule has 43 heavy (non-hydrogen) atoms. The molecule has 0 aliphatic carbocycles. The van der Waals surface area contributed by atoms with Crippen LogP contribution in [0.3, 0.4) is 0 Å². The van der Waals surface area contributed by atoms with Gasteiger partial charge >= 0.3 is 0 Å². The quantitative estimate of drug-likeness (QED) is 0.271. The molecule has 0 fully saturated rings. The van der Waals surface area contributed by atoms with Crippen LogP contribution in [0, 0.1) is 0 Å². The summed E-state index contributed by atoms with van der Waals surface area (Å²) in [6.45, 7) is 5.78. The third-order valence-electron chi connectivity index (χ3n) is 6.88. The number of benzene rings is 3. The van der Waals surface area contributed by atoms with Crippen molar-refractivity contribution in [1.82, 2.24) is 4.57 Å². The number of anilines is 1. The summed E-state index contributed by atoms with van der Waals surface area (Å²) in [4.78, 5) is 33.1. The summed E-state index contributed by atoms with van der Waals surface area (Å²) < 4.78 is 24.3. The van der Waals surface area contributed by atoms with Crippen LogP contribution in [0.5, 0.6) is 23.0 Å². The minimum absolute atomic E-state index is 0.296. The van der Waals surface area contributed by atoms with Crippen LogP contribution < -0.4 is 39.2 Å². The van der Waals surface area contributed by atoms with Crippen molar-refractivity contribution in [2.75, 3.05) is 33.3 Å². The number of para-hydroxylation sites is 1. The Morgan fingerprint density at radius 2 is 1.77 bits per heavy atom. The molecule has 0 unspecified atom stereocenters. The fourth-order valence-corrected chi connectivity index (χ4v) is 5.91. The highest BCUT2D eigenvalue weighted by Gasteiger charge is 2.34. The minimum Gasteiger partial charge on any atom is -0.497 e. The number of carbonyl (C=O) groups excluding carboxylic acids is 1. The van der Waals surface area contributed by atoms with Crippen LogP contribution in [-0.4, -0.2) is 38.4 Å². The average molecular weight is 598 g/mol. The predicted molar refractivity (Wildman–Crippen MR) is 167 cm³/mol. The number of methoxy groups -OCH3 is 3. The van der Waals surface area contributed by atoms with Gasteiger partial charge in [-0.2, -0.15) is 0 Å². The van der Waals surface area contributed by atoms with Crippen molar-refractivity contribution in [3.63, 3.8) is 0 Å². The molecule has 1 aliphatic heterocycles. The Morgan fingerprint density at radius 3 is 2.47 bits per heavy atom. The monoisotopic (exact) mass is 597 g/mol.